The van der Waals surface area contributed by atoms with E-state index in [0.29, 0.717) is 11.1 Å². The van der Waals surface area contributed by atoms with E-state index in [2.05, 4.69) is 5.16 Å². The van der Waals surface area contributed by atoms with Crippen molar-refractivity contribution in [3.8, 4) is 5.75 Å². The van der Waals surface area contributed by atoms with Crippen molar-refractivity contribution >= 4 is 11.0 Å². The molecule has 0 amide bonds. The predicted molar refractivity (Wildman–Crippen MR) is 44.9 cm³/mol. The van der Waals surface area contributed by atoms with Gasteiger partial charge in [-0.15, -0.1) is 0 Å². The van der Waals surface area contributed by atoms with Crippen LogP contribution in [0.25, 0.3) is 11.0 Å². The molecule has 0 fully saturated rings. The van der Waals surface area contributed by atoms with Crippen LogP contribution in [0, 0.1) is 6.92 Å². The summed E-state index contributed by atoms with van der Waals surface area (Å²) in [7, 11) is 1.47. The second kappa shape index (κ2) is 2.62. The summed E-state index contributed by atoms with van der Waals surface area (Å²) >= 11 is 0. The molecule has 0 bridgehead atoms. The van der Waals surface area contributed by atoms with Crippen LogP contribution >= 0.6 is 0 Å². The van der Waals surface area contributed by atoms with Crippen LogP contribution < -0.4 is 5.63 Å². The van der Waals surface area contributed by atoms with Gasteiger partial charge in [-0.25, -0.2) is 0 Å². The lowest BCUT2D eigenvalue weighted by Crippen LogP contribution is -2.01. The Morgan fingerprint density at radius 3 is 3.00 bits per heavy atom. The van der Waals surface area contributed by atoms with Crippen molar-refractivity contribution < 1.29 is 14.0 Å². The molecule has 13 heavy (non-hydrogen) atoms. The molecule has 0 aromatic carbocycles. The number of aromatic nitrogens is 1. The van der Waals surface area contributed by atoms with E-state index >= 15 is 0 Å². The van der Waals surface area contributed by atoms with Crippen LogP contribution in [0.3, 0.4) is 0 Å². The van der Waals surface area contributed by atoms with Crippen molar-refractivity contribution in [1.82, 2.24) is 5.16 Å². The van der Waals surface area contributed by atoms with Gasteiger partial charge in [0.1, 0.15) is 5.69 Å². The van der Waals surface area contributed by atoms with Crippen molar-refractivity contribution in [2.45, 2.75) is 6.92 Å². The van der Waals surface area contributed by atoms with E-state index < -0.39 is 0 Å². The molecule has 0 saturated heterocycles. The molecular weight excluding hydrogens is 174 g/mol. The molecule has 5 heteroatoms. The highest BCUT2D eigenvalue weighted by Gasteiger charge is 2.19. The van der Waals surface area contributed by atoms with Gasteiger partial charge in [0.15, 0.2) is 12.5 Å². The monoisotopic (exact) mass is 182 g/mol. The second-order valence-corrected chi connectivity index (χ2v) is 2.58. The highest BCUT2D eigenvalue weighted by molar-refractivity contribution is 5.82. The molecular formula is C8H8NO4+. The maximum atomic E-state index is 9.32. The Hall–Kier alpha value is -1.78. The molecule has 0 aliphatic heterocycles. The Kier molecular flexibility index (Phi) is 1.58. The van der Waals surface area contributed by atoms with E-state index in [1.807, 2.05) is 0 Å². The lowest BCUT2D eigenvalue weighted by molar-refractivity contribution is 0.398. The van der Waals surface area contributed by atoms with Crippen molar-refractivity contribution in [3.63, 3.8) is 0 Å². The van der Waals surface area contributed by atoms with Gasteiger partial charge in [0.05, 0.1) is 0 Å². The molecule has 5 nitrogen and oxygen atoms in total. The molecule has 0 saturated carbocycles. The summed E-state index contributed by atoms with van der Waals surface area (Å²) < 4.78 is 14.8. The largest absolute Gasteiger partial charge is 0.531 e. The highest BCUT2D eigenvalue weighted by Crippen LogP contribution is 2.22. The number of aryl methyl sites for hydroxylation is 1. The quantitative estimate of drug-likeness (QED) is 0.616. The average Bonchev–Trinajstić information content (AvgIpc) is 2.51. The molecule has 2 aromatic rings. The maximum Gasteiger partial charge on any atom is 0.531 e. The molecule has 0 atom stereocenters. The van der Waals surface area contributed by atoms with Gasteiger partial charge < -0.3 is 14.1 Å². The lowest BCUT2D eigenvalue weighted by Gasteiger charge is -1.83. The van der Waals surface area contributed by atoms with Crippen LogP contribution in [0.4, 0.5) is 0 Å². The van der Waals surface area contributed by atoms with Gasteiger partial charge >= 0.3 is 5.63 Å². The van der Waals surface area contributed by atoms with Gasteiger partial charge in [0, 0.05) is 0 Å². The zero-order valence-corrected chi connectivity index (χ0v) is 7.20. The number of hydrogen-bond donors (Lipinski definition) is 1. The lowest BCUT2D eigenvalue weighted by atomic mass is 10.3. The topological polar surface area (TPSA) is 70.7 Å². The number of aromatic hydroxyl groups is 1. The van der Waals surface area contributed by atoms with E-state index in [9.17, 15) is 5.11 Å². The van der Waals surface area contributed by atoms with E-state index in [0.717, 1.165) is 6.26 Å². The Balaban J connectivity index is 3.06. The fraction of sp³-hybridized carbons (Fsp3) is 0.250. The molecule has 2 rings (SSSR count). The molecule has 0 aliphatic rings. The van der Waals surface area contributed by atoms with Crippen molar-refractivity contribution in [2.75, 3.05) is 7.11 Å². The summed E-state index contributed by atoms with van der Waals surface area (Å²) in [5.74, 6) is -0.0867. The third kappa shape index (κ3) is 1.00. The first-order valence-corrected chi connectivity index (χ1v) is 3.67. The fourth-order valence-electron chi connectivity index (χ4n) is 1.16. The molecule has 0 spiro atoms. The minimum Gasteiger partial charge on any atom is -0.500 e. The van der Waals surface area contributed by atoms with Crippen LogP contribution in [0.5, 0.6) is 5.75 Å². The minimum absolute atomic E-state index is 0.0867. The van der Waals surface area contributed by atoms with E-state index in [4.69, 9.17) is 13.4 Å². The Bertz CT molecular complexity index is 508. The molecule has 1 N–H and O–H groups in total. The Morgan fingerprint density at radius 1 is 1.54 bits per heavy atom. The standard InChI is InChI=1S/C8H7NO4/c1-4-6-7(13-9-4)5(10)3-12-8(6)11-2/h3H,1-2H3/p+1. The number of hydrogen-bond acceptors (Lipinski definition) is 4. The first-order valence-electron chi connectivity index (χ1n) is 3.67. The minimum atomic E-state index is -0.0867. The average molecular weight is 182 g/mol. The summed E-state index contributed by atoms with van der Waals surface area (Å²) in [5.41, 5.74) is 1.18. The van der Waals surface area contributed by atoms with Crippen molar-refractivity contribution in [3.05, 3.63) is 22.0 Å². The summed E-state index contributed by atoms with van der Waals surface area (Å²) in [4.78, 5) is 0. The van der Waals surface area contributed by atoms with E-state index in [1.54, 1.807) is 6.92 Å². The van der Waals surface area contributed by atoms with E-state index in [-0.39, 0.29) is 17.0 Å². The van der Waals surface area contributed by atoms with Crippen molar-refractivity contribution in [1.29, 1.82) is 0 Å². The van der Waals surface area contributed by atoms with E-state index in [1.165, 1.54) is 7.11 Å². The zero-order valence-electron chi connectivity index (χ0n) is 7.20. The van der Waals surface area contributed by atoms with Gasteiger partial charge in [0.25, 0.3) is 6.26 Å². The third-order valence-corrected chi connectivity index (χ3v) is 1.76. The molecule has 2 heterocycles. The molecule has 0 radical (unpaired) electrons. The summed E-state index contributed by atoms with van der Waals surface area (Å²) in [6, 6.07) is 0. The van der Waals surface area contributed by atoms with Crippen LogP contribution in [-0.4, -0.2) is 17.4 Å². The summed E-state index contributed by atoms with van der Waals surface area (Å²) in [6.45, 7) is 1.74. The van der Waals surface area contributed by atoms with Crippen LogP contribution in [0.2, 0.25) is 0 Å². The zero-order chi connectivity index (χ0) is 9.42. The van der Waals surface area contributed by atoms with Crippen molar-refractivity contribution in [2.24, 2.45) is 0 Å². The normalized spacial score (nSPS) is 12.6. The Morgan fingerprint density at radius 2 is 2.31 bits per heavy atom. The predicted octanol–water partition coefficient (Wildman–Crippen LogP) is 0.961. The first-order chi connectivity index (χ1) is 6.24. The van der Waals surface area contributed by atoms with Gasteiger partial charge in [-0.05, 0) is 6.92 Å². The van der Waals surface area contributed by atoms with Gasteiger partial charge in [0.2, 0.25) is 11.3 Å². The molecule has 2 aromatic heterocycles. The molecule has 68 valence electrons. The van der Waals surface area contributed by atoms with Crippen LogP contribution in [0.1, 0.15) is 5.69 Å². The number of fused-ring (bicyclic) bond motifs is 1. The van der Waals surface area contributed by atoms with Crippen LogP contribution in [0.15, 0.2) is 19.6 Å². The number of nitrogens with zero attached hydrogens (tertiary/aromatic N) is 1. The maximum absolute atomic E-state index is 9.32. The molecule has 0 aliphatic carbocycles. The summed E-state index contributed by atoms with van der Waals surface area (Å²) in [5, 5.41) is 13.6. The van der Waals surface area contributed by atoms with Gasteiger partial charge in [-0.2, -0.15) is 0 Å². The number of rotatable bonds is 0. The summed E-state index contributed by atoms with van der Waals surface area (Å²) in [6.07, 6.45) is 1.14. The van der Waals surface area contributed by atoms with Gasteiger partial charge in [-0.3, -0.25) is 4.42 Å². The second-order valence-electron chi connectivity index (χ2n) is 2.58. The SMILES string of the molecule is C[O+]=c1occ(O)c2onc(C)c12. The highest BCUT2D eigenvalue weighted by atomic mass is 16.5. The smallest absolute Gasteiger partial charge is 0.500 e. The third-order valence-electron chi connectivity index (χ3n) is 1.76. The Labute approximate surface area is 72.9 Å². The molecule has 0 unspecified atom stereocenters. The van der Waals surface area contributed by atoms with Gasteiger partial charge in [-0.1, -0.05) is 5.16 Å². The fourth-order valence-corrected chi connectivity index (χ4v) is 1.16. The first kappa shape index (κ1) is 7.85. The van der Waals surface area contributed by atoms with Crippen LogP contribution in [-0.2, 0) is 0 Å².